The maximum atomic E-state index is 9.51. The van der Waals surface area contributed by atoms with Gasteiger partial charge >= 0.3 is 0 Å². The van der Waals surface area contributed by atoms with Gasteiger partial charge < -0.3 is 5.11 Å². The zero-order valence-electron chi connectivity index (χ0n) is 9.36. The Bertz CT molecular complexity index is 441. The van der Waals surface area contributed by atoms with Gasteiger partial charge in [0.05, 0.1) is 17.2 Å². The predicted octanol–water partition coefficient (Wildman–Crippen LogP) is 2.92. The highest BCUT2D eigenvalue weighted by Crippen LogP contribution is 2.23. The second-order valence-corrected chi connectivity index (χ2v) is 2.85. The van der Waals surface area contributed by atoms with E-state index in [1.54, 1.807) is 6.20 Å². The van der Waals surface area contributed by atoms with Gasteiger partial charge in [-0.25, -0.2) is 0 Å². The molecule has 0 saturated carbocycles. The molecular weight excluding hydrogens is 188 g/mol. The van der Waals surface area contributed by atoms with E-state index < -0.39 is 0 Å². The minimum Gasteiger partial charge on any atom is -0.506 e. The van der Waals surface area contributed by atoms with Gasteiger partial charge in [-0.3, -0.25) is 9.97 Å². The van der Waals surface area contributed by atoms with Crippen LogP contribution in [0, 0.1) is 0 Å². The first-order valence-corrected chi connectivity index (χ1v) is 5.24. The standard InChI is InChI=1S/C10H10N2O.C2H6/c1-2-7-9(13)6-12-8-4-3-5-11-10(7)8;1-2/h3-6,13H,2H2,1H3;1-2H3. The van der Waals surface area contributed by atoms with Crippen molar-refractivity contribution in [2.45, 2.75) is 27.2 Å². The largest absolute Gasteiger partial charge is 0.506 e. The summed E-state index contributed by atoms with van der Waals surface area (Å²) in [5.41, 5.74) is 2.49. The SMILES string of the molecule is CC.CCc1c(O)cnc2cccnc12. The fraction of sp³-hybridized carbons (Fsp3) is 0.333. The second-order valence-electron chi connectivity index (χ2n) is 2.85. The number of nitrogens with zero attached hydrogens (tertiary/aromatic N) is 2. The van der Waals surface area contributed by atoms with Gasteiger partial charge in [-0.1, -0.05) is 20.8 Å². The molecule has 0 aliphatic rings. The first-order chi connectivity index (χ1) is 7.33. The van der Waals surface area contributed by atoms with Crippen LogP contribution in [-0.2, 0) is 6.42 Å². The van der Waals surface area contributed by atoms with Crippen molar-refractivity contribution < 1.29 is 5.11 Å². The number of aromatic hydroxyl groups is 1. The van der Waals surface area contributed by atoms with E-state index in [0.717, 1.165) is 23.0 Å². The summed E-state index contributed by atoms with van der Waals surface area (Å²) in [4.78, 5) is 8.27. The lowest BCUT2D eigenvalue weighted by atomic mass is 10.1. The van der Waals surface area contributed by atoms with Gasteiger partial charge in [0, 0.05) is 11.8 Å². The van der Waals surface area contributed by atoms with Crippen molar-refractivity contribution in [1.82, 2.24) is 9.97 Å². The highest BCUT2D eigenvalue weighted by Gasteiger charge is 2.05. The van der Waals surface area contributed by atoms with E-state index >= 15 is 0 Å². The molecule has 1 N–H and O–H groups in total. The van der Waals surface area contributed by atoms with E-state index in [0.29, 0.717) is 0 Å². The lowest BCUT2D eigenvalue weighted by Crippen LogP contribution is -1.90. The summed E-state index contributed by atoms with van der Waals surface area (Å²) in [5, 5.41) is 9.51. The molecule has 0 fully saturated rings. The summed E-state index contributed by atoms with van der Waals surface area (Å²) in [5.74, 6) is 0.230. The lowest BCUT2D eigenvalue weighted by molar-refractivity contribution is 0.467. The molecule has 0 unspecified atom stereocenters. The van der Waals surface area contributed by atoms with Crippen LogP contribution < -0.4 is 0 Å². The number of fused-ring (bicyclic) bond motifs is 1. The molecule has 2 heterocycles. The predicted molar refractivity (Wildman–Crippen MR) is 61.9 cm³/mol. The highest BCUT2D eigenvalue weighted by atomic mass is 16.3. The topological polar surface area (TPSA) is 46.0 Å². The molecule has 0 atom stereocenters. The van der Waals surface area contributed by atoms with Gasteiger partial charge in [-0.2, -0.15) is 0 Å². The average molecular weight is 204 g/mol. The first-order valence-electron chi connectivity index (χ1n) is 5.24. The van der Waals surface area contributed by atoms with Gasteiger partial charge in [0.1, 0.15) is 5.75 Å². The van der Waals surface area contributed by atoms with Gasteiger partial charge in [0.25, 0.3) is 0 Å². The molecule has 2 aromatic heterocycles. The Hall–Kier alpha value is -1.64. The summed E-state index contributed by atoms with van der Waals surface area (Å²) in [6.07, 6.45) is 3.95. The highest BCUT2D eigenvalue weighted by molar-refractivity contribution is 5.79. The number of pyridine rings is 2. The summed E-state index contributed by atoms with van der Waals surface area (Å²) < 4.78 is 0. The van der Waals surface area contributed by atoms with Crippen LogP contribution in [0.1, 0.15) is 26.3 Å². The molecule has 2 rings (SSSR count). The molecule has 0 aromatic carbocycles. The van der Waals surface area contributed by atoms with Crippen LogP contribution in [0.3, 0.4) is 0 Å². The maximum Gasteiger partial charge on any atom is 0.139 e. The van der Waals surface area contributed by atoms with Crippen molar-refractivity contribution in [3.8, 4) is 5.75 Å². The van der Waals surface area contributed by atoms with Crippen molar-refractivity contribution in [1.29, 1.82) is 0 Å². The van der Waals surface area contributed by atoms with Gasteiger partial charge in [-0.05, 0) is 18.6 Å². The molecule has 0 saturated heterocycles. The van der Waals surface area contributed by atoms with Gasteiger partial charge in [-0.15, -0.1) is 0 Å². The fourth-order valence-electron chi connectivity index (χ4n) is 1.41. The van der Waals surface area contributed by atoms with Crippen molar-refractivity contribution in [3.63, 3.8) is 0 Å². The Morgan fingerprint density at radius 2 is 2.00 bits per heavy atom. The Balaban J connectivity index is 0.000000531. The van der Waals surface area contributed by atoms with Gasteiger partial charge in [0.2, 0.25) is 0 Å². The smallest absolute Gasteiger partial charge is 0.139 e. The number of aryl methyl sites for hydroxylation is 1. The molecule has 15 heavy (non-hydrogen) atoms. The summed E-state index contributed by atoms with van der Waals surface area (Å²) in [7, 11) is 0. The average Bonchev–Trinajstić information content (AvgIpc) is 2.32. The number of aromatic nitrogens is 2. The third-order valence-electron chi connectivity index (χ3n) is 2.06. The van der Waals surface area contributed by atoms with Crippen LogP contribution in [0.5, 0.6) is 5.75 Å². The zero-order chi connectivity index (χ0) is 11.3. The number of hydrogen-bond acceptors (Lipinski definition) is 3. The molecule has 0 aliphatic carbocycles. The number of rotatable bonds is 1. The lowest BCUT2D eigenvalue weighted by Gasteiger charge is -2.03. The van der Waals surface area contributed by atoms with Gasteiger partial charge in [0.15, 0.2) is 0 Å². The van der Waals surface area contributed by atoms with Crippen LogP contribution in [0.4, 0.5) is 0 Å². The molecule has 0 radical (unpaired) electrons. The molecular formula is C12H16N2O. The Morgan fingerprint density at radius 3 is 2.67 bits per heavy atom. The van der Waals surface area contributed by atoms with E-state index in [2.05, 4.69) is 9.97 Å². The fourth-order valence-corrected chi connectivity index (χ4v) is 1.41. The maximum absolute atomic E-state index is 9.51. The summed E-state index contributed by atoms with van der Waals surface area (Å²) in [6, 6.07) is 3.73. The third kappa shape index (κ3) is 2.24. The zero-order valence-corrected chi connectivity index (χ0v) is 9.36. The van der Waals surface area contributed by atoms with Crippen LogP contribution in [0.2, 0.25) is 0 Å². The van der Waals surface area contributed by atoms with E-state index in [4.69, 9.17) is 0 Å². The molecule has 0 aliphatic heterocycles. The van der Waals surface area contributed by atoms with Crippen LogP contribution >= 0.6 is 0 Å². The Morgan fingerprint density at radius 1 is 1.27 bits per heavy atom. The molecule has 3 nitrogen and oxygen atoms in total. The van der Waals surface area contributed by atoms with Crippen molar-refractivity contribution in [3.05, 3.63) is 30.1 Å². The second kappa shape index (κ2) is 5.29. The van der Waals surface area contributed by atoms with Crippen LogP contribution in [-0.4, -0.2) is 15.1 Å². The van der Waals surface area contributed by atoms with Crippen molar-refractivity contribution >= 4 is 11.0 Å². The third-order valence-corrected chi connectivity index (χ3v) is 2.06. The molecule has 0 bridgehead atoms. The first kappa shape index (κ1) is 11.4. The molecule has 0 spiro atoms. The van der Waals surface area contributed by atoms with E-state index in [1.807, 2.05) is 32.9 Å². The minimum atomic E-state index is 0.230. The van der Waals surface area contributed by atoms with E-state index in [-0.39, 0.29) is 5.75 Å². The molecule has 3 heteroatoms. The Kier molecular flexibility index (Phi) is 4.03. The van der Waals surface area contributed by atoms with Crippen molar-refractivity contribution in [2.75, 3.05) is 0 Å². The number of hydrogen-bond donors (Lipinski definition) is 1. The quantitative estimate of drug-likeness (QED) is 0.776. The van der Waals surface area contributed by atoms with Crippen molar-refractivity contribution in [2.24, 2.45) is 0 Å². The summed E-state index contributed by atoms with van der Waals surface area (Å²) in [6.45, 7) is 5.99. The minimum absolute atomic E-state index is 0.230. The van der Waals surface area contributed by atoms with Crippen LogP contribution in [0.25, 0.3) is 11.0 Å². The molecule has 80 valence electrons. The van der Waals surface area contributed by atoms with E-state index in [1.165, 1.54) is 6.20 Å². The normalized spacial score (nSPS) is 9.53. The molecule has 2 aromatic rings. The van der Waals surface area contributed by atoms with Crippen LogP contribution in [0.15, 0.2) is 24.5 Å². The molecule has 0 amide bonds. The van der Waals surface area contributed by atoms with E-state index in [9.17, 15) is 5.11 Å². The summed E-state index contributed by atoms with van der Waals surface area (Å²) >= 11 is 0. The Labute approximate surface area is 89.8 Å². The monoisotopic (exact) mass is 204 g/mol.